The van der Waals surface area contributed by atoms with Gasteiger partial charge in [-0.15, -0.1) is 0 Å². The Kier molecular flexibility index (Phi) is 5.22. The number of alkyl halides is 3. The van der Waals surface area contributed by atoms with Crippen molar-refractivity contribution in [1.82, 2.24) is 15.1 Å². The van der Waals surface area contributed by atoms with Crippen LogP contribution in [0, 0.1) is 0 Å². The number of halogens is 3. The summed E-state index contributed by atoms with van der Waals surface area (Å²) in [6.45, 7) is 0.112. The molecular formula is C14H15F3N4O2. The van der Waals surface area contributed by atoms with Crippen LogP contribution in [0.3, 0.4) is 0 Å². The van der Waals surface area contributed by atoms with Crippen LogP contribution >= 0.6 is 0 Å². The lowest BCUT2D eigenvalue weighted by molar-refractivity contribution is -0.137. The summed E-state index contributed by atoms with van der Waals surface area (Å²) in [5.74, 6) is 0. The molecule has 0 atom stereocenters. The van der Waals surface area contributed by atoms with Crippen molar-refractivity contribution in [2.24, 2.45) is 0 Å². The molecule has 124 valence electrons. The van der Waals surface area contributed by atoms with Gasteiger partial charge in [-0.1, -0.05) is 0 Å². The number of benzene rings is 1. The van der Waals surface area contributed by atoms with Crippen molar-refractivity contribution in [2.75, 3.05) is 18.5 Å². The third-order valence-electron chi connectivity index (χ3n) is 2.94. The topological polar surface area (TPSA) is 79.2 Å². The van der Waals surface area contributed by atoms with Crippen LogP contribution in [0.4, 0.5) is 23.7 Å². The third-order valence-corrected chi connectivity index (χ3v) is 2.94. The van der Waals surface area contributed by atoms with E-state index in [1.54, 1.807) is 12.3 Å². The Morgan fingerprint density at radius 3 is 2.74 bits per heavy atom. The van der Waals surface area contributed by atoms with Crippen molar-refractivity contribution in [2.45, 2.75) is 12.6 Å². The molecule has 6 nitrogen and oxygen atoms in total. The second-order valence-corrected chi connectivity index (χ2v) is 4.64. The van der Waals surface area contributed by atoms with Gasteiger partial charge in [0.1, 0.15) is 0 Å². The van der Waals surface area contributed by atoms with Crippen LogP contribution in [0.5, 0.6) is 0 Å². The van der Waals surface area contributed by atoms with Crippen molar-refractivity contribution in [3.8, 4) is 5.69 Å². The Morgan fingerprint density at radius 2 is 2.13 bits per heavy atom. The fourth-order valence-corrected chi connectivity index (χ4v) is 1.87. The number of nitrogens with zero attached hydrogens (tertiary/aromatic N) is 2. The Balaban J connectivity index is 2.28. The molecule has 0 spiro atoms. The normalized spacial score (nSPS) is 11.3. The molecule has 2 amide bonds. The smallest absolute Gasteiger partial charge is 0.396 e. The minimum absolute atomic E-state index is 0.0231. The molecular weight excluding hydrogens is 313 g/mol. The minimum Gasteiger partial charge on any atom is -0.396 e. The summed E-state index contributed by atoms with van der Waals surface area (Å²) in [7, 11) is 0. The SMILES string of the molecule is O=C(NCCCO)Nc1cc(C(F)(F)F)ccc1-n1cccn1. The molecule has 1 aromatic heterocycles. The molecule has 9 heteroatoms. The van der Waals surface area contributed by atoms with Gasteiger partial charge in [0.25, 0.3) is 0 Å². The number of aromatic nitrogens is 2. The zero-order valence-corrected chi connectivity index (χ0v) is 12.0. The van der Waals surface area contributed by atoms with Gasteiger partial charge < -0.3 is 15.7 Å². The van der Waals surface area contributed by atoms with E-state index in [9.17, 15) is 18.0 Å². The monoisotopic (exact) mass is 328 g/mol. The molecule has 0 aliphatic carbocycles. The van der Waals surface area contributed by atoms with E-state index in [0.717, 1.165) is 12.1 Å². The summed E-state index contributed by atoms with van der Waals surface area (Å²) in [6, 6.07) is 3.96. The first kappa shape index (κ1) is 16.8. The number of urea groups is 1. The second kappa shape index (κ2) is 7.14. The molecule has 1 heterocycles. The second-order valence-electron chi connectivity index (χ2n) is 4.64. The van der Waals surface area contributed by atoms with Crippen LogP contribution in [0.25, 0.3) is 5.69 Å². The highest BCUT2D eigenvalue weighted by Gasteiger charge is 2.31. The summed E-state index contributed by atoms with van der Waals surface area (Å²) in [5.41, 5.74) is -0.593. The summed E-state index contributed by atoms with van der Waals surface area (Å²) in [5, 5.41) is 17.4. The Labute approximate surface area is 129 Å². The third kappa shape index (κ3) is 4.46. The van der Waals surface area contributed by atoms with E-state index < -0.39 is 17.8 Å². The maximum Gasteiger partial charge on any atom is 0.416 e. The van der Waals surface area contributed by atoms with Crippen LogP contribution in [0.1, 0.15) is 12.0 Å². The lowest BCUT2D eigenvalue weighted by atomic mass is 10.1. The van der Waals surface area contributed by atoms with E-state index >= 15 is 0 Å². The number of rotatable bonds is 5. The molecule has 0 saturated carbocycles. The molecule has 0 fully saturated rings. The number of anilines is 1. The number of nitrogens with one attached hydrogen (secondary N) is 2. The van der Waals surface area contributed by atoms with Gasteiger partial charge in [-0.25, -0.2) is 9.48 Å². The summed E-state index contributed by atoms with van der Waals surface area (Å²) in [6.07, 6.45) is -1.14. The summed E-state index contributed by atoms with van der Waals surface area (Å²) >= 11 is 0. The first-order chi connectivity index (χ1) is 10.9. The highest BCUT2D eigenvalue weighted by atomic mass is 19.4. The summed E-state index contributed by atoms with van der Waals surface area (Å²) < 4.78 is 39.9. The number of hydrogen-bond donors (Lipinski definition) is 3. The number of carbonyl (C=O) groups excluding carboxylic acids is 1. The molecule has 0 saturated heterocycles. The van der Waals surface area contributed by atoms with Crippen molar-refractivity contribution in [1.29, 1.82) is 0 Å². The largest absolute Gasteiger partial charge is 0.416 e. The Bertz CT molecular complexity index is 657. The van der Waals surface area contributed by atoms with E-state index in [1.807, 2.05) is 0 Å². The van der Waals surface area contributed by atoms with Crippen LogP contribution in [-0.2, 0) is 6.18 Å². The molecule has 0 unspecified atom stereocenters. The number of amides is 2. The van der Waals surface area contributed by atoms with Crippen molar-refractivity contribution >= 4 is 11.7 Å². The maximum atomic E-state index is 12.8. The van der Waals surface area contributed by atoms with Gasteiger partial charge in [0.05, 0.1) is 16.9 Å². The molecule has 3 N–H and O–H groups in total. The van der Waals surface area contributed by atoms with Gasteiger partial charge >= 0.3 is 12.2 Å². The fraction of sp³-hybridized carbons (Fsp3) is 0.286. The number of aliphatic hydroxyl groups is 1. The molecule has 0 radical (unpaired) electrons. The molecule has 0 aliphatic heterocycles. The van der Waals surface area contributed by atoms with Crippen LogP contribution < -0.4 is 10.6 Å². The minimum atomic E-state index is -4.52. The van der Waals surface area contributed by atoms with Gasteiger partial charge in [0, 0.05) is 25.5 Å². The quantitative estimate of drug-likeness (QED) is 0.738. The molecule has 0 aliphatic rings. The zero-order chi connectivity index (χ0) is 16.9. The van der Waals surface area contributed by atoms with Crippen LogP contribution in [0.2, 0.25) is 0 Å². The van der Waals surface area contributed by atoms with Crippen LogP contribution in [0.15, 0.2) is 36.7 Å². The molecule has 23 heavy (non-hydrogen) atoms. The predicted octanol–water partition coefficient (Wildman–Crippen LogP) is 2.40. The highest BCUT2D eigenvalue weighted by Crippen LogP contribution is 2.33. The van der Waals surface area contributed by atoms with E-state index in [-0.39, 0.29) is 18.8 Å². The number of hydrogen-bond acceptors (Lipinski definition) is 3. The van der Waals surface area contributed by atoms with Gasteiger partial charge in [-0.2, -0.15) is 18.3 Å². The van der Waals surface area contributed by atoms with Crippen molar-refractivity contribution in [3.05, 3.63) is 42.2 Å². The number of aliphatic hydroxyl groups excluding tert-OH is 1. The Hall–Kier alpha value is -2.55. The first-order valence-corrected chi connectivity index (χ1v) is 6.79. The summed E-state index contributed by atoms with van der Waals surface area (Å²) in [4.78, 5) is 11.8. The van der Waals surface area contributed by atoms with E-state index in [0.29, 0.717) is 12.1 Å². The van der Waals surface area contributed by atoms with Gasteiger partial charge in [0.2, 0.25) is 0 Å². The van der Waals surface area contributed by atoms with Crippen LogP contribution in [-0.4, -0.2) is 34.1 Å². The Morgan fingerprint density at radius 1 is 1.35 bits per heavy atom. The van der Waals surface area contributed by atoms with E-state index in [4.69, 9.17) is 5.11 Å². The highest BCUT2D eigenvalue weighted by molar-refractivity contribution is 5.91. The molecule has 2 aromatic rings. The number of carbonyl (C=O) groups is 1. The van der Waals surface area contributed by atoms with E-state index in [1.165, 1.54) is 16.9 Å². The zero-order valence-electron chi connectivity index (χ0n) is 12.0. The average Bonchev–Trinajstić information content (AvgIpc) is 3.00. The maximum absolute atomic E-state index is 12.8. The van der Waals surface area contributed by atoms with Gasteiger partial charge in [0.15, 0.2) is 0 Å². The predicted molar refractivity (Wildman–Crippen MR) is 77.3 cm³/mol. The lowest BCUT2D eigenvalue weighted by Crippen LogP contribution is -2.30. The van der Waals surface area contributed by atoms with Crippen molar-refractivity contribution < 1.29 is 23.1 Å². The molecule has 1 aromatic carbocycles. The fourth-order valence-electron chi connectivity index (χ4n) is 1.87. The first-order valence-electron chi connectivity index (χ1n) is 6.79. The molecule has 0 bridgehead atoms. The van der Waals surface area contributed by atoms with Crippen molar-refractivity contribution in [3.63, 3.8) is 0 Å². The van der Waals surface area contributed by atoms with E-state index in [2.05, 4.69) is 15.7 Å². The molecule has 2 rings (SSSR count). The van der Waals surface area contributed by atoms with Gasteiger partial charge in [-0.05, 0) is 30.7 Å². The van der Waals surface area contributed by atoms with Gasteiger partial charge in [-0.3, -0.25) is 0 Å². The standard InChI is InChI=1S/C14H15F3N4O2/c15-14(16,17)10-3-4-12(21-7-1-6-19-21)11(9-10)20-13(23)18-5-2-8-22/h1,3-4,6-7,9,22H,2,5,8H2,(H2,18,20,23). The lowest BCUT2D eigenvalue weighted by Gasteiger charge is -2.15. The average molecular weight is 328 g/mol.